The van der Waals surface area contributed by atoms with Crippen molar-refractivity contribution in [1.29, 1.82) is 0 Å². The van der Waals surface area contributed by atoms with Crippen LogP contribution < -0.4 is 9.64 Å². The van der Waals surface area contributed by atoms with Gasteiger partial charge in [0.05, 0.1) is 18.7 Å². The van der Waals surface area contributed by atoms with Gasteiger partial charge in [-0.2, -0.15) is 0 Å². The monoisotopic (exact) mass is 424 g/mol. The first-order chi connectivity index (χ1) is 15.0. The predicted molar refractivity (Wildman–Crippen MR) is 122 cm³/mol. The first-order valence-corrected chi connectivity index (χ1v) is 12.0. The Bertz CT molecular complexity index is 860. The van der Waals surface area contributed by atoms with Gasteiger partial charge in [-0.05, 0) is 42.7 Å². The summed E-state index contributed by atoms with van der Waals surface area (Å²) in [6.07, 6.45) is 7.37. The molecule has 0 bridgehead atoms. The normalized spacial score (nSPS) is 35.8. The second kappa shape index (κ2) is 8.16. The Balaban J connectivity index is 1.26. The number of methoxy groups -OCH3 is 1. The molecule has 0 amide bonds. The summed E-state index contributed by atoms with van der Waals surface area (Å²) in [7, 11) is 1.73. The molecule has 3 fully saturated rings. The fourth-order valence-corrected chi connectivity index (χ4v) is 6.60. The summed E-state index contributed by atoms with van der Waals surface area (Å²) < 4.78 is 11.5. The Morgan fingerprint density at radius 1 is 1.19 bits per heavy atom. The SMILES string of the molecule is COc1ccccc1N1CCN(CC2C(=O)O[C@@H]3C[C@@]4(C)CCC[C@H](C)C4=C[C@H]23)CC1. The first-order valence-electron chi connectivity index (χ1n) is 12.0. The van der Waals surface area contributed by atoms with Crippen molar-refractivity contribution in [3.63, 3.8) is 0 Å². The molecule has 1 unspecified atom stereocenters. The third kappa shape index (κ3) is 3.75. The van der Waals surface area contributed by atoms with Crippen molar-refractivity contribution in [2.75, 3.05) is 44.7 Å². The third-order valence-corrected chi connectivity index (χ3v) is 8.33. The number of piperazine rings is 1. The molecule has 5 nitrogen and oxygen atoms in total. The Labute approximate surface area is 186 Å². The van der Waals surface area contributed by atoms with Gasteiger partial charge in [0, 0.05) is 38.6 Å². The third-order valence-electron chi connectivity index (χ3n) is 8.33. The maximum Gasteiger partial charge on any atom is 0.311 e. The van der Waals surface area contributed by atoms with Crippen molar-refractivity contribution in [2.45, 2.75) is 45.6 Å². The Hall–Kier alpha value is -2.01. The standard InChI is InChI=1S/C26H36N2O3/c1-18-7-6-10-26(2)16-24-19(15-21(18)26)20(25(29)31-24)17-27-11-13-28(14-12-27)22-8-4-5-9-23(22)30-3/h4-5,8-9,15,18-20,24H,6-7,10-14,16-17H2,1-3H3/t18-,19+,20?,24+,26+/m0/s1. The molecule has 0 spiro atoms. The van der Waals surface area contributed by atoms with E-state index in [2.05, 4.69) is 41.9 Å². The van der Waals surface area contributed by atoms with Gasteiger partial charge in [-0.15, -0.1) is 0 Å². The van der Waals surface area contributed by atoms with Gasteiger partial charge in [0.25, 0.3) is 0 Å². The fourth-order valence-electron chi connectivity index (χ4n) is 6.60. The van der Waals surface area contributed by atoms with Gasteiger partial charge >= 0.3 is 5.97 Å². The van der Waals surface area contributed by atoms with Crippen LogP contribution in [0.1, 0.15) is 39.5 Å². The van der Waals surface area contributed by atoms with Crippen LogP contribution in [-0.4, -0.2) is 56.8 Å². The molecule has 2 aliphatic heterocycles. The molecular formula is C26H36N2O3. The second-order valence-corrected chi connectivity index (χ2v) is 10.3. The number of nitrogens with zero attached hydrogens (tertiary/aromatic N) is 2. The molecule has 5 atom stereocenters. The summed E-state index contributed by atoms with van der Waals surface area (Å²) in [5, 5.41) is 0. The number of hydrogen-bond donors (Lipinski definition) is 0. The number of ether oxygens (including phenoxy) is 2. The summed E-state index contributed by atoms with van der Waals surface area (Å²) >= 11 is 0. The van der Waals surface area contributed by atoms with E-state index in [0.717, 1.165) is 50.6 Å². The number of rotatable bonds is 4. The minimum absolute atomic E-state index is 0.0195. The maximum atomic E-state index is 12.9. The van der Waals surface area contributed by atoms with Crippen LogP contribution in [0.15, 0.2) is 35.9 Å². The summed E-state index contributed by atoms with van der Waals surface area (Å²) in [6.45, 7) is 9.40. The average Bonchev–Trinajstić information content (AvgIpc) is 3.06. The van der Waals surface area contributed by atoms with E-state index in [1.54, 1.807) is 12.7 Å². The van der Waals surface area contributed by atoms with Gasteiger partial charge in [0.1, 0.15) is 11.9 Å². The molecule has 5 rings (SSSR count). The number of fused-ring (bicyclic) bond motifs is 2. The van der Waals surface area contributed by atoms with Crippen LogP contribution >= 0.6 is 0 Å². The molecule has 2 saturated heterocycles. The van der Waals surface area contributed by atoms with Gasteiger partial charge in [-0.1, -0.05) is 44.1 Å². The van der Waals surface area contributed by atoms with Crippen LogP contribution in [0.2, 0.25) is 0 Å². The topological polar surface area (TPSA) is 42.0 Å². The van der Waals surface area contributed by atoms with E-state index in [4.69, 9.17) is 9.47 Å². The molecule has 0 radical (unpaired) electrons. The molecule has 1 aromatic carbocycles. The highest BCUT2D eigenvalue weighted by Crippen LogP contribution is 2.54. The minimum atomic E-state index is -0.0195. The number of allylic oxidation sites excluding steroid dienone is 1. The van der Waals surface area contributed by atoms with E-state index >= 15 is 0 Å². The Kier molecular flexibility index (Phi) is 5.49. The van der Waals surface area contributed by atoms with Gasteiger partial charge in [0.2, 0.25) is 0 Å². The molecular weight excluding hydrogens is 388 g/mol. The maximum absolute atomic E-state index is 12.9. The summed E-state index contributed by atoms with van der Waals surface area (Å²) in [4.78, 5) is 17.7. The van der Waals surface area contributed by atoms with Crippen molar-refractivity contribution in [3.05, 3.63) is 35.9 Å². The number of esters is 1. The van der Waals surface area contributed by atoms with E-state index in [1.807, 2.05) is 12.1 Å². The van der Waals surface area contributed by atoms with Crippen molar-refractivity contribution in [1.82, 2.24) is 4.90 Å². The van der Waals surface area contributed by atoms with Crippen LogP contribution in [0.25, 0.3) is 0 Å². The zero-order valence-electron chi connectivity index (χ0n) is 19.2. The molecule has 2 heterocycles. The zero-order chi connectivity index (χ0) is 21.6. The Morgan fingerprint density at radius 3 is 2.74 bits per heavy atom. The minimum Gasteiger partial charge on any atom is -0.495 e. The highest BCUT2D eigenvalue weighted by atomic mass is 16.6. The number of hydrogen-bond acceptors (Lipinski definition) is 5. The lowest BCUT2D eigenvalue weighted by Gasteiger charge is -2.46. The summed E-state index contributed by atoms with van der Waals surface area (Å²) in [5.74, 6) is 1.82. The van der Waals surface area contributed by atoms with Crippen LogP contribution in [0, 0.1) is 23.2 Å². The molecule has 1 aromatic rings. The first kappa shape index (κ1) is 20.9. The molecule has 0 aromatic heterocycles. The summed E-state index contributed by atoms with van der Waals surface area (Å²) in [5.41, 5.74) is 2.99. The quantitative estimate of drug-likeness (QED) is 0.537. The molecule has 4 aliphatic rings. The van der Waals surface area contributed by atoms with Crippen molar-refractivity contribution < 1.29 is 14.3 Å². The van der Waals surface area contributed by atoms with E-state index in [-0.39, 0.29) is 29.3 Å². The van der Waals surface area contributed by atoms with Gasteiger partial charge < -0.3 is 14.4 Å². The van der Waals surface area contributed by atoms with Crippen LogP contribution in [0.5, 0.6) is 5.75 Å². The fraction of sp³-hybridized carbons (Fsp3) is 0.654. The van der Waals surface area contributed by atoms with Crippen LogP contribution in [-0.2, 0) is 9.53 Å². The number of para-hydroxylation sites is 2. The van der Waals surface area contributed by atoms with Crippen molar-refractivity contribution in [2.24, 2.45) is 23.2 Å². The average molecular weight is 425 g/mol. The van der Waals surface area contributed by atoms with Gasteiger partial charge in [-0.25, -0.2) is 0 Å². The molecule has 2 aliphatic carbocycles. The van der Waals surface area contributed by atoms with E-state index in [1.165, 1.54) is 19.3 Å². The van der Waals surface area contributed by atoms with Gasteiger partial charge in [0.15, 0.2) is 0 Å². The number of benzene rings is 1. The lowest BCUT2D eigenvalue weighted by atomic mass is 9.59. The number of carbonyl (C=O) groups excluding carboxylic acids is 1. The van der Waals surface area contributed by atoms with E-state index in [9.17, 15) is 4.79 Å². The number of carbonyl (C=O) groups is 1. The highest BCUT2D eigenvalue weighted by Gasteiger charge is 2.52. The lowest BCUT2D eigenvalue weighted by Crippen LogP contribution is -2.49. The molecule has 31 heavy (non-hydrogen) atoms. The second-order valence-electron chi connectivity index (χ2n) is 10.3. The zero-order valence-corrected chi connectivity index (χ0v) is 19.2. The van der Waals surface area contributed by atoms with Crippen LogP contribution in [0.4, 0.5) is 5.69 Å². The molecule has 0 N–H and O–H groups in total. The molecule has 1 saturated carbocycles. The molecule has 5 heteroatoms. The highest BCUT2D eigenvalue weighted by molar-refractivity contribution is 5.76. The van der Waals surface area contributed by atoms with Crippen LogP contribution in [0.3, 0.4) is 0 Å². The van der Waals surface area contributed by atoms with E-state index in [0.29, 0.717) is 5.92 Å². The van der Waals surface area contributed by atoms with Crippen molar-refractivity contribution >= 4 is 11.7 Å². The van der Waals surface area contributed by atoms with E-state index < -0.39 is 0 Å². The lowest BCUT2D eigenvalue weighted by molar-refractivity contribution is -0.145. The largest absolute Gasteiger partial charge is 0.495 e. The summed E-state index contributed by atoms with van der Waals surface area (Å²) in [6, 6.07) is 8.23. The molecule has 168 valence electrons. The smallest absolute Gasteiger partial charge is 0.311 e. The Morgan fingerprint density at radius 2 is 1.97 bits per heavy atom. The van der Waals surface area contributed by atoms with Gasteiger partial charge in [-0.3, -0.25) is 9.69 Å². The van der Waals surface area contributed by atoms with Crippen molar-refractivity contribution in [3.8, 4) is 5.75 Å². The predicted octanol–water partition coefficient (Wildman–Crippen LogP) is 4.13. The number of anilines is 1.